The van der Waals surface area contributed by atoms with Crippen molar-refractivity contribution >= 4 is 34.2 Å². The molecule has 0 amide bonds. The normalized spacial score (nSPS) is 10.9. The number of nitro benzene ring substituents is 2. The van der Waals surface area contributed by atoms with Gasteiger partial charge in [-0.15, -0.1) is 0 Å². The molecule has 122 valence electrons. The van der Waals surface area contributed by atoms with E-state index in [1.54, 1.807) is 0 Å². The number of aromatic nitrogens is 2. The number of nitro groups is 2. The Balaban J connectivity index is 2.08. The van der Waals surface area contributed by atoms with Crippen molar-refractivity contribution in [2.75, 3.05) is 0 Å². The van der Waals surface area contributed by atoms with Gasteiger partial charge in [-0.3, -0.25) is 20.2 Å². The van der Waals surface area contributed by atoms with Crippen molar-refractivity contribution in [1.29, 1.82) is 0 Å². The fourth-order valence-electron chi connectivity index (χ4n) is 2.38. The van der Waals surface area contributed by atoms with Crippen molar-refractivity contribution in [2.45, 2.75) is 23.5 Å². The van der Waals surface area contributed by atoms with Gasteiger partial charge in [0.2, 0.25) is 0 Å². The molecule has 24 heavy (non-hydrogen) atoms. The minimum Gasteiger partial charge on any atom is -0.319 e. The van der Waals surface area contributed by atoms with Gasteiger partial charge in [0.25, 0.3) is 11.4 Å². The van der Waals surface area contributed by atoms with Gasteiger partial charge in [-0.25, -0.2) is 4.98 Å². The second-order valence-electron chi connectivity index (χ2n) is 4.90. The molecule has 8 nitrogen and oxygen atoms in total. The zero-order valence-corrected chi connectivity index (χ0v) is 13.4. The van der Waals surface area contributed by atoms with Crippen LogP contribution in [-0.2, 0) is 6.54 Å². The molecule has 2 aromatic carbocycles. The predicted molar refractivity (Wildman–Crippen MR) is 89.3 cm³/mol. The van der Waals surface area contributed by atoms with Gasteiger partial charge in [0.05, 0.1) is 31.8 Å². The predicted octanol–water partition coefficient (Wildman–Crippen LogP) is 4.02. The molecule has 0 fully saturated rings. The van der Waals surface area contributed by atoms with E-state index in [1.165, 1.54) is 12.1 Å². The topological polar surface area (TPSA) is 104 Å². The number of rotatable bonds is 5. The molecule has 0 atom stereocenters. The Labute approximate surface area is 140 Å². The Morgan fingerprint density at radius 1 is 1.12 bits per heavy atom. The molecule has 3 aromatic rings. The molecule has 0 saturated carbocycles. The summed E-state index contributed by atoms with van der Waals surface area (Å²) in [6.45, 7) is 2.62. The highest BCUT2D eigenvalue weighted by molar-refractivity contribution is 7.99. The van der Waals surface area contributed by atoms with Crippen molar-refractivity contribution in [2.24, 2.45) is 0 Å². The van der Waals surface area contributed by atoms with Gasteiger partial charge in [-0.2, -0.15) is 0 Å². The van der Waals surface area contributed by atoms with Crippen LogP contribution in [-0.4, -0.2) is 19.4 Å². The number of hydrogen-bond acceptors (Lipinski definition) is 6. The highest BCUT2D eigenvalue weighted by Crippen LogP contribution is 2.37. The Morgan fingerprint density at radius 2 is 1.88 bits per heavy atom. The number of aryl methyl sites for hydroxylation is 1. The first-order valence-electron chi connectivity index (χ1n) is 7.07. The van der Waals surface area contributed by atoms with E-state index in [4.69, 9.17) is 0 Å². The Bertz CT molecular complexity index is 954. The van der Waals surface area contributed by atoms with Crippen LogP contribution in [0.15, 0.2) is 52.5 Å². The molecule has 0 aliphatic heterocycles. The average Bonchev–Trinajstić information content (AvgIpc) is 2.91. The number of benzene rings is 2. The molecule has 0 radical (unpaired) electrons. The lowest BCUT2D eigenvalue weighted by Gasteiger charge is -2.06. The van der Waals surface area contributed by atoms with E-state index in [0.717, 1.165) is 28.9 Å². The molecule has 0 aliphatic carbocycles. The lowest BCUT2D eigenvalue weighted by Crippen LogP contribution is -1.98. The van der Waals surface area contributed by atoms with Gasteiger partial charge >= 0.3 is 0 Å². The van der Waals surface area contributed by atoms with E-state index in [2.05, 4.69) is 4.98 Å². The van der Waals surface area contributed by atoms with E-state index in [-0.39, 0.29) is 11.4 Å². The molecule has 1 aromatic heterocycles. The standard InChI is InChI=1S/C15H12N4O4S/c1-2-17-12-6-4-3-5-11(12)16-15(17)24-14-8-7-10(18(20)21)9-13(14)19(22)23/h3-9H,2H2,1H3. The minimum absolute atomic E-state index is 0.302. The van der Waals surface area contributed by atoms with Crippen LogP contribution in [0.5, 0.6) is 0 Å². The molecule has 3 rings (SSSR count). The monoisotopic (exact) mass is 344 g/mol. The van der Waals surface area contributed by atoms with Crippen LogP contribution >= 0.6 is 11.8 Å². The van der Waals surface area contributed by atoms with Crippen LogP contribution in [0.25, 0.3) is 11.0 Å². The molecule has 1 heterocycles. The summed E-state index contributed by atoms with van der Waals surface area (Å²) >= 11 is 1.13. The molecule has 0 bridgehead atoms. The van der Waals surface area contributed by atoms with Gasteiger partial charge in [0.1, 0.15) is 0 Å². The first kappa shape index (κ1) is 15.9. The fraction of sp³-hybridized carbons (Fsp3) is 0.133. The maximum atomic E-state index is 11.3. The maximum absolute atomic E-state index is 11.3. The van der Waals surface area contributed by atoms with E-state index in [9.17, 15) is 20.2 Å². The van der Waals surface area contributed by atoms with E-state index in [0.29, 0.717) is 16.6 Å². The number of para-hydroxylation sites is 2. The van der Waals surface area contributed by atoms with Crippen molar-refractivity contribution in [3.8, 4) is 0 Å². The Morgan fingerprint density at radius 3 is 2.54 bits per heavy atom. The summed E-state index contributed by atoms with van der Waals surface area (Å²) in [5.41, 5.74) is 1.12. The summed E-state index contributed by atoms with van der Waals surface area (Å²) in [6.07, 6.45) is 0. The molecule has 0 unspecified atom stereocenters. The van der Waals surface area contributed by atoms with E-state index < -0.39 is 9.85 Å². The smallest absolute Gasteiger partial charge is 0.290 e. The van der Waals surface area contributed by atoms with Crippen LogP contribution < -0.4 is 0 Å². The summed E-state index contributed by atoms with van der Waals surface area (Å²) in [7, 11) is 0. The van der Waals surface area contributed by atoms with Crippen LogP contribution in [0.4, 0.5) is 11.4 Å². The largest absolute Gasteiger partial charge is 0.319 e. The second kappa shape index (κ2) is 6.28. The Hall–Kier alpha value is -2.94. The van der Waals surface area contributed by atoms with Crippen molar-refractivity contribution in [3.63, 3.8) is 0 Å². The van der Waals surface area contributed by atoms with Gasteiger partial charge in [-0.05, 0) is 36.9 Å². The third-order valence-electron chi connectivity index (χ3n) is 3.49. The van der Waals surface area contributed by atoms with Gasteiger partial charge < -0.3 is 4.57 Å². The molecule has 0 aliphatic rings. The maximum Gasteiger partial charge on any atom is 0.290 e. The van der Waals surface area contributed by atoms with Crippen LogP contribution in [0.3, 0.4) is 0 Å². The first-order chi connectivity index (χ1) is 11.5. The van der Waals surface area contributed by atoms with Gasteiger partial charge in [-0.1, -0.05) is 12.1 Å². The van der Waals surface area contributed by atoms with E-state index in [1.807, 2.05) is 35.8 Å². The summed E-state index contributed by atoms with van der Waals surface area (Å²) in [6, 6.07) is 11.2. The molecule has 0 N–H and O–H groups in total. The third kappa shape index (κ3) is 2.81. The summed E-state index contributed by atoms with van der Waals surface area (Å²) in [4.78, 5) is 25.6. The third-order valence-corrected chi connectivity index (χ3v) is 4.55. The Kier molecular flexibility index (Phi) is 4.17. The molecular formula is C15H12N4O4S. The highest BCUT2D eigenvalue weighted by atomic mass is 32.2. The van der Waals surface area contributed by atoms with E-state index >= 15 is 0 Å². The van der Waals surface area contributed by atoms with Crippen molar-refractivity contribution in [3.05, 3.63) is 62.7 Å². The number of fused-ring (bicyclic) bond motifs is 1. The van der Waals surface area contributed by atoms with Crippen LogP contribution in [0, 0.1) is 20.2 Å². The lowest BCUT2D eigenvalue weighted by molar-refractivity contribution is -0.396. The van der Waals surface area contributed by atoms with Crippen LogP contribution in [0.2, 0.25) is 0 Å². The molecular weight excluding hydrogens is 332 g/mol. The molecule has 9 heteroatoms. The summed E-state index contributed by atoms with van der Waals surface area (Å²) in [5.74, 6) is 0. The summed E-state index contributed by atoms with van der Waals surface area (Å²) < 4.78 is 1.95. The van der Waals surface area contributed by atoms with Crippen LogP contribution in [0.1, 0.15) is 6.92 Å². The first-order valence-corrected chi connectivity index (χ1v) is 7.89. The molecule has 0 spiro atoms. The zero-order valence-electron chi connectivity index (χ0n) is 12.6. The number of nitrogens with zero attached hydrogens (tertiary/aromatic N) is 4. The fourth-order valence-corrected chi connectivity index (χ4v) is 3.44. The molecule has 0 saturated heterocycles. The number of hydrogen-bond donors (Lipinski definition) is 0. The second-order valence-corrected chi connectivity index (χ2v) is 5.90. The van der Waals surface area contributed by atoms with Crippen molar-refractivity contribution in [1.82, 2.24) is 9.55 Å². The van der Waals surface area contributed by atoms with Gasteiger partial charge in [0.15, 0.2) is 5.16 Å². The number of non-ortho nitro benzene ring substituents is 1. The number of imidazole rings is 1. The van der Waals surface area contributed by atoms with Crippen molar-refractivity contribution < 1.29 is 9.85 Å². The highest BCUT2D eigenvalue weighted by Gasteiger charge is 2.22. The van der Waals surface area contributed by atoms with Gasteiger partial charge in [0, 0.05) is 12.6 Å². The minimum atomic E-state index is -0.650. The lowest BCUT2D eigenvalue weighted by atomic mass is 10.3. The summed E-state index contributed by atoms with van der Waals surface area (Å²) in [5, 5.41) is 22.7. The SMILES string of the molecule is CCn1c(Sc2ccc([N+](=O)[O-])cc2[N+](=O)[O-])nc2ccccc21. The zero-order chi connectivity index (χ0) is 17.3. The average molecular weight is 344 g/mol. The quantitative estimate of drug-likeness (QED) is 0.511.